The first-order valence-corrected chi connectivity index (χ1v) is 9.47. The van der Waals surface area contributed by atoms with E-state index in [2.05, 4.69) is 20.7 Å². The van der Waals surface area contributed by atoms with Gasteiger partial charge in [0, 0.05) is 24.4 Å². The Hall–Kier alpha value is -4.47. The van der Waals surface area contributed by atoms with Crippen molar-refractivity contribution < 1.29 is 18.3 Å². The van der Waals surface area contributed by atoms with Crippen LogP contribution >= 0.6 is 0 Å². The lowest BCUT2D eigenvalue weighted by Crippen LogP contribution is -2.22. The molecule has 2 aromatic carbocycles. The summed E-state index contributed by atoms with van der Waals surface area (Å²) >= 11 is 0. The van der Waals surface area contributed by atoms with Crippen molar-refractivity contribution in [1.29, 1.82) is 0 Å². The van der Waals surface area contributed by atoms with Gasteiger partial charge in [-0.2, -0.15) is 5.10 Å². The number of urea groups is 1. The third-order valence-electron chi connectivity index (χ3n) is 4.32. The summed E-state index contributed by atoms with van der Waals surface area (Å²) in [6, 6.07) is 13.7. The van der Waals surface area contributed by atoms with Gasteiger partial charge in [0.1, 0.15) is 34.8 Å². The van der Waals surface area contributed by atoms with E-state index < -0.39 is 11.8 Å². The number of amides is 2. The van der Waals surface area contributed by atoms with Gasteiger partial charge in [-0.3, -0.25) is 5.32 Å². The number of carbonyl (C=O) groups excluding carboxylic acids is 1. The first kappa shape index (κ1) is 20.8. The minimum Gasteiger partial charge on any atom is -0.457 e. The molecule has 0 fully saturated rings. The minimum absolute atomic E-state index is 0.0475. The number of carbonyl (C=O) groups is 1. The van der Waals surface area contributed by atoms with Crippen LogP contribution in [0.2, 0.25) is 0 Å². The number of nitrogen functional groups attached to an aromatic ring is 1. The number of benzene rings is 2. The Morgan fingerprint density at radius 3 is 2.47 bits per heavy atom. The van der Waals surface area contributed by atoms with E-state index in [1.165, 1.54) is 53.3 Å². The van der Waals surface area contributed by atoms with Crippen molar-refractivity contribution in [2.45, 2.75) is 6.92 Å². The first-order chi connectivity index (χ1) is 15.4. The number of anilines is 3. The van der Waals surface area contributed by atoms with Gasteiger partial charge in [-0.05, 0) is 49.4 Å². The van der Waals surface area contributed by atoms with E-state index in [-0.39, 0.29) is 23.1 Å². The Bertz CT molecular complexity index is 1270. The maximum atomic E-state index is 14.5. The summed E-state index contributed by atoms with van der Waals surface area (Å²) in [6.07, 6.45) is 1.47. The quantitative estimate of drug-likeness (QED) is 0.414. The van der Waals surface area contributed by atoms with Crippen LogP contribution in [-0.2, 0) is 0 Å². The van der Waals surface area contributed by atoms with Crippen LogP contribution in [0, 0.1) is 18.6 Å². The molecule has 4 N–H and O–H groups in total. The largest absolute Gasteiger partial charge is 0.457 e. The van der Waals surface area contributed by atoms with Gasteiger partial charge >= 0.3 is 6.03 Å². The van der Waals surface area contributed by atoms with E-state index in [1.807, 2.05) is 0 Å². The SMILES string of the molecule is Cc1cc(NC(=O)Nc2ccc(Oc3ccnc(N)c3)cc2F)n(-c2ccc(F)cc2)n1. The third kappa shape index (κ3) is 4.81. The van der Waals surface area contributed by atoms with E-state index >= 15 is 0 Å². The summed E-state index contributed by atoms with van der Waals surface area (Å²) in [5, 5.41) is 9.36. The van der Waals surface area contributed by atoms with Crippen molar-refractivity contribution >= 4 is 23.4 Å². The van der Waals surface area contributed by atoms with Gasteiger partial charge in [-0.25, -0.2) is 23.2 Å². The number of rotatable bonds is 5. The fourth-order valence-electron chi connectivity index (χ4n) is 2.93. The van der Waals surface area contributed by atoms with Crippen molar-refractivity contribution in [3.05, 3.63) is 84.2 Å². The fraction of sp³-hybridized carbons (Fsp3) is 0.0455. The van der Waals surface area contributed by atoms with Crippen LogP contribution in [0.4, 0.5) is 30.9 Å². The standard InChI is InChI=1S/C22H18F2N6O2/c1-13-10-21(30(29-13)15-4-2-14(23)3-5-15)28-22(31)27-19-7-6-16(11-18(19)24)32-17-8-9-26-20(25)12-17/h2-12H,1H3,(H2,25,26)(H2,27,28,31). The molecule has 0 saturated carbocycles. The van der Waals surface area contributed by atoms with Crippen molar-refractivity contribution in [3.63, 3.8) is 0 Å². The zero-order chi connectivity index (χ0) is 22.7. The molecule has 0 atom stereocenters. The van der Waals surface area contributed by atoms with E-state index in [4.69, 9.17) is 10.5 Å². The van der Waals surface area contributed by atoms with Crippen LogP contribution in [0.15, 0.2) is 66.9 Å². The summed E-state index contributed by atoms with van der Waals surface area (Å²) in [5.74, 6) is 0.155. The zero-order valence-corrected chi connectivity index (χ0v) is 16.8. The number of nitrogens with zero attached hydrogens (tertiary/aromatic N) is 3. The van der Waals surface area contributed by atoms with E-state index in [0.717, 1.165) is 6.07 Å². The Balaban J connectivity index is 1.46. The number of aryl methyl sites for hydroxylation is 1. The van der Waals surface area contributed by atoms with E-state index in [0.29, 0.717) is 22.9 Å². The van der Waals surface area contributed by atoms with E-state index in [9.17, 15) is 13.6 Å². The molecule has 0 unspecified atom stereocenters. The predicted molar refractivity (Wildman–Crippen MR) is 116 cm³/mol. The van der Waals surface area contributed by atoms with Crippen LogP contribution in [0.3, 0.4) is 0 Å². The molecule has 0 aliphatic heterocycles. The molecule has 2 aromatic heterocycles. The van der Waals surface area contributed by atoms with Crippen molar-refractivity contribution in [1.82, 2.24) is 14.8 Å². The number of nitrogens with two attached hydrogens (primary N) is 1. The van der Waals surface area contributed by atoms with E-state index in [1.54, 1.807) is 19.1 Å². The molecule has 10 heteroatoms. The monoisotopic (exact) mass is 436 g/mol. The summed E-state index contributed by atoms with van der Waals surface area (Å²) in [6.45, 7) is 1.75. The lowest BCUT2D eigenvalue weighted by Gasteiger charge is -2.12. The van der Waals surface area contributed by atoms with Gasteiger partial charge in [0.2, 0.25) is 0 Å². The highest BCUT2D eigenvalue weighted by molar-refractivity contribution is 5.99. The average molecular weight is 436 g/mol. The molecule has 0 spiro atoms. The van der Waals surface area contributed by atoms with Crippen LogP contribution in [0.25, 0.3) is 5.69 Å². The molecule has 4 rings (SSSR count). The number of ether oxygens (including phenoxy) is 1. The summed E-state index contributed by atoms with van der Waals surface area (Å²) in [7, 11) is 0. The van der Waals surface area contributed by atoms with Crippen molar-refractivity contribution in [3.8, 4) is 17.2 Å². The molecule has 0 radical (unpaired) electrons. The average Bonchev–Trinajstić information content (AvgIpc) is 3.10. The zero-order valence-electron chi connectivity index (χ0n) is 16.8. The summed E-state index contributed by atoms with van der Waals surface area (Å²) in [4.78, 5) is 16.3. The lowest BCUT2D eigenvalue weighted by molar-refractivity contribution is 0.262. The second-order valence-electron chi connectivity index (χ2n) is 6.80. The van der Waals surface area contributed by atoms with Gasteiger partial charge in [-0.15, -0.1) is 0 Å². The molecular weight excluding hydrogens is 418 g/mol. The van der Waals surface area contributed by atoms with Gasteiger partial charge in [0.15, 0.2) is 0 Å². The van der Waals surface area contributed by atoms with Gasteiger partial charge in [-0.1, -0.05) is 0 Å². The molecule has 0 saturated heterocycles. The number of hydrogen-bond donors (Lipinski definition) is 3. The number of nitrogens with one attached hydrogen (secondary N) is 2. The van der Waals surface area contributed by atoms with Gasteiger partial charge in [0.25, 0.3) is 0 Å². The molecule has 2 heterocycles. The summed E-state index contributed by atoms with van der Waals surface area (Å²) < 4.78 is 34.7. The van der Waals surface area contributed by atoms with Crippen LogP contribution in [0.5, 0.6) is 11.5 Å². The highest BCUT2D eigenvalue weighted by Crippen LogP contribution is 2.26. The Morgan fingerprint density at radius 2 is 1.75 bits per heavy atom. The Kier molecular flexibility index (Phi) is 5.67. The molecular formula is C22H18F2N6O2. The second-order valence-corrected chi connectivity index (χ2v) is 6.80. The molecule has 0 bridgehead atoms. The third-order valence-corrected chi connectivity index (χ3v) is 4.32. The maximum Gasteiger partial charge on any atom is 0.324 e. The first-order valence-electron chi connectivity index (χ1n) is 9.47. The fourth-order valence-corrected chi connectivity index (χ4v) is 2.93. The molecule has 162 valence electrons. The van der Waals surface area contributed by atoms with Crippen LogP contribution in [-0.4, -0.2) is 20.8 Å². The van der Waals surface area contributed by atoms with Crippen LogP contribution < -0.4 is 21.1 Å². The normalized spacial score (nSPS) is 10.6. The molecule has 0 aliphatic carbocycles. The molecule has 8 nitrogen and oxygen atoms in total. The van der Waals surface area contributed by atoms with Crippen LogP contribution in [0.1, 0.15) is 5.69 Å². The maximum absolute atomic E-state index is 14.5. The highest BCUT2D eigenvalue weighted by atomic mass is 19.1. The number of halogens is 2. The van der Waals surface area contributed by atoms with Crippen molar-refractivity contribution in [2.75, 3.05) is 16.4 Å². The van der Waals surface area contributed by atoms with Crippen molar-refractivity contribution in [2.24, 2.45) is 0 Å². The molecule has 32 heavy (non-hydrogen) atoms. The topological polar surface area (TPSA) is 107 Å². The Labute approximate surface area is 181 Å². The molecule has 2 amide bonds. The lowest BCUT2D eigenvalue weighted by atomic mass is 10.3. The number of aromatic nitrogens is 3. The summed E-state index contributed by atoms with van der Waals surface area (Å²) in [5.41, 5.74) is 6.74. The van der Waals surface area contributed by atoms with Gasteiger partial charge < -0.3 is 15.8 Å². The smallest absolute Gasteiger partial charge is 0.324 e. The number of hydrogen-bond acceptors (Lipinski definition) is 5. The predicted octanol–water partition coefficient (Wildman–Crippen LogP) is 4.87. The number of pyridine rings is 1. The highest BCUT2D eigenvalue weighted by Gasteiger charge is 2.13. The minimum atomic E-state index is -0.692. The second kappa shape index (κ2) is 8.72. The van der Waals surface area contributed by atoms with Gasteiger partial charge in [0.05, 0.1) is 17.1 Å². The Morgan fingerprint density at radius 1 is 1.00 bits per heavy atom. The molecule has 0 aliphatic rings. The molecule has 4 aromatic rings.